The van der Waals surface area contributed by atoms with Crippen LogP contribution in [-0.4, -0.2) is 37.9 Å². The Morgan fingerprint density at radius 1 is 1.30 bits per heavy atom. The molecule has 2 rings (SSSR count). The highest BCUT2D eigenvalue weighted by atomic mass is 32.2. The first-order valence-corrected chi connectivity index (χ1v) is 8.87. The third-order valence-corrected chi connectivity index (χ3v) is 4.34. The van der Waals surface area contributed by atoms with Crippen LogP contribution in [-0.2, 0) is 22.0 Å². The molecule has 114 valence electrons. The molecule has 0 aromatic carbocycles. The zero-order valence-electron chi connectivity index (χ0n) is 12.0. The molecular formula is C12H22N4O3S. The van der Waals surface area contributed by atoms with Crippen molar-refractivity contribution in [2.45, 2.75) is 44.6 Å². The molecule has 1 heterocycles. The number of aromatic nitrogens is 2. The molecule has 20 heavy (non-hydrogen) atoms. The van der Waals surface area contributed by atoms with E-state index >= 15 is 0 Å². The van der Waals surface area contributed by atoms with Crippen molar-refractivity contribution in [1.82, 2.24) is 20.2 Å². The van der Waals surface area contributed by atoms with Crippen LogP contribution in [0.2, 0.25) is 0 Å². The van der Waals surface area contributed by atoms with E-state index in [1.54, 1.807) is 0 Å². The minimum Gasteiger partial charge on any atom is -0.339 e. The first kappa shape index (κ1) is 15.4. The third kappa shape index (κ3) is 3.77. The van der Waals surface area contributed by atoms with Gasteiger partial charge in [0.05, 0.1) is 11.8 Å². The second kappa shape index (κ2) is 6.19. The SMILES string of the molecule is CCc1nc(C2(NCCNS(C)(=O)=O)CCCC2)no1. The summed E-state index contributed by atoms with van der Waals surface area (Å²) in [7, 11) is -3.14. The van der Waals surface area contributed by atoms with E-state index in [2.05, 4.69) is 20.2 Å². The summed E-state index contributed by atoms with van der Waals surface area (Å²) in [5.41, 5.74) is -0.268. The topological polar surface area (TPSA) is 97.1 Å². The Hall–Kier alpha value is -0.990. The minimum absolute atomic E-state index is 0.268. The zero-order chi connectivity index (χ0) is 14.6. The van der Waals surface area contributed by atoms with Gasteiger partial charge in [0.25, 0.3) is 0 Å². The number of hydrogen-bond donors (Lipinski definition) is 2. The lowest BCUT2D eigenvalue weighted by Crippen LogP contribution is -2.44. The predicted molar refractivity (Wildman–Crippen MR) is 74.7 cm³/mol. The highest BCUT2D eigenvalue weighted by Gasteiger charge is 2.39. The van der Waals surface area contributed by atoms with Crippen LogP contribution >= 0.6 is 0 Å². The van der Waals surface area contributed by atoms with E-state index in [0.717, 1.165) is 38.4 Å². The summed E-state index contributed by atoms with van der Waals surface area (Å²) in [5, 5.41) is 7.49. The Bertz CT molecular complexity index is 535. The molecule has 1 fully saturated rings. The van der Waals surface area contributed by atoms with E-state index in [9.17, 15) is 8.42 Å². The zero-order valence-corrected chi connectivity index (χ0v) is 12.8. The van der Waals surface area contributed by atoms with Gasteiger partial charge >= 0.3 is 0 Å². The lowest BCUT2D eigenvalue weighted by molar-refractivity contribution is 0.301. The number of rotatable bonds is 7. The maximum absolute atomic E-state index is 11.0. The number of nitrogens with one attached hydrogen (secondary N) is 2. The molecule has 8 heteroatoms. The van der Waals surface area contributed by atoms with Gasteiger partial charge in [0, 0.05) is 19.5 Å². The molecule has 0 bridgehead atoms. The van der Waals surface area contributed by atoms with Crippen molar-refractivity contribution in [1.29, 1.82) is 0 Å². The Balaban J connectivity index is 1.99. The van der Waals surface area contributed by atoms with E-state index in [1.165, 1.54) is 0 Å². The quantitative estimate of drug-likeness (QED) is 0.714. The Kier molecular flexibility index (Phi) is 4.77. The van der Waals surface area contributed by atoms with Gasteiger partial charge in [-0.2, -0.15) is 4.98 Å². The Morgan fingerprint density at radius 2 is 2.00 bits per heavy atom. The fraction of sp³-hybridized carbons (Fsp3) is 0.833. The Labute approximate surface area is 119 Å². The third-order valence-electron chi connectivity index (χ3n) is 3.61. The minimum atomic E-state index is -3.14. The average molecular weight is 302 g/mol. The molecule has 0 spiro atoms. The summed E-state index contributed by atoms with van der Waals surface area (Å²) < 4.78 is 29.8. The highest BCUT2D eigenvalue weighted by Crippen LogP contribution is 2.37. The molecule has 1 aliphatic carbocycles. The van der Waals surface area contributed by atoms with Gasteiger partial charge in [-0.15, -0.1) is 0 Å². The van der Waals surface area contributed by atoms with Gasteiger partial charge in [-0.25, -0.2) is 13.1 Å². The lowest BCUT2D eigenvalue weighted by Gasteiger charge is -2.26. The number of nitrogens with zero attached hydrogens (tertiary/aromatic N) is 2. The van der Waals surface area contributed by atoms with E-state index in [0.29, 0.717) is 24.8 Å². The number of aryl methyl sites for hydroxylation is 1. The van der Waals surface area contributed by atoms with Crippen LogP contribution in [0.15, 0.2) is 4.52 Å². The smallest absolute Gasteiger partial charge is 0.226 e. The first-order chi connectivity index (χ1) is 9.45. The van der Waals surface area contributed by atoms with Crippen molar-refractivity contribution < 1.29 is 12.9 Å². The molecule has 1 aromatic rings. The summed E-state index contributed by atoms with van der Waals surface area (Å²) in [4.78, 5) is 4.43. The fourth-order valence-corrected chi connectivity index (χ4v) is 3.06. The molecule has 7 nitrogen and oxygen atoms in total. The molecule has 0 atom stereocenters. The molecule has 0 radical (unpaired) electrons. The standard InChI is InChI=1S/C12H22N4O3S/c1-3-10-15-11(16-19-10)12(6-4-5-7-12)13-8-9-14-20(2,17)18/h13-14H,3-9H2,1-2H3. The van der Waals surface area contributed by atoms with Gasteiger partial charge in [0.15, 0.2) is 5.82 Å². The van der Waals surface area contributed by atoms with Crippen LogP contribution in [0.3, 0.4) is 0 Å². The van der Waals surface area contributed by atoms with Crippen molar-refractivity contribution in [2.24, 2.45) is 0 Å². The first-order valence-electron chi connectivity index (χ1n) is 6.98. The highest BCUT2D eigenvalue weighted by molar-refractivity contribution is 7.88. The van der Waals surface area contributed by atoms with Crippen LogP contribution in [0.4, 0.5) is 0 Å². The molecule has 1 aliphatic rings. The van der Waals surface area contributed by atoms with E-state index in [4.69, 9.17) is 4.52 Å². The predicted octanol–water partition coefficient (Wildman–Crippen LogP) is 0.540. The molecule has 0 aliphatic heterocycles. The molecule has 0 unspecified atom stereocenters. The van der Waals surface area contributed by atoms with Crippen molar-refractivity contribution in [3.8, 4) is 0 Å². The van der Waals surface area contributed by atoms with E-state index in [-0.39, 0.29) is 5.54 Å². The number of hydrogen-bond acceptors (Lipinski definition) is 6. The summed E-state index contributed by atoms with van der Waals surface area (Å²) in [6, 6.07) is 0. The fourth-order valence-electron chi connectivity index (χ4n) is 2.59. The second-order valence-electron chi connectivity index (χ2n) is 5.25. The maximum Gasteiger partial charge on any atom is 0.226 e. The molecule has 1 aromatic heterocycles. The van der Waals surface area contributed by atoms with Gasteiger partial charge in [0.2, 0.25) is 15.9 Å². The van der Waals surface area contributed by atoms with Crippen molar-refractivity contribution >= 4 is 10.0 Å². The van der Waals surface area contributed by atoms with E-state index in [1.807, 2.05) is 6.92 Å². The number of sulfonamides is 1. The lowest BCUT2D eigenvalue weighted by atomic mass is 9.96. The van der Waals surface area contributed by atoms with Gasteiger partial charge in [-0.05, 0) is 12.8 Å². The summed E-state index contributed by atoms with van der Waals surface area (Å²) >= 11 is 0. The second-order valence-corrected chi connectivity index (χ2v) is 7.08. The van der Waals surface area contributed by atoms with Crippen LogP contribution in [0.25, 0.3) is 0 Å². The molecule has 0 amide bonds. The normalized spacial score (nSPS) is 18.5. The van der Waals surface area contributed by atoms with Crippen LogP contribution < -0.4 is 10.0 Å². The van der Waals surface area contributed by atoms with Crippen molar-refractivity contribution in [3.63, 3.8) is 0 Å². The Morgan fingerprint density at radius 3 is 2.55 bits per heavy atom. The molecule has 1 saturated carbocycles. The van der Waals surface area contributed by atoms with Crippen molar-refractivity contribution in [2.75, 3.05) is 19.3 Å². The summed E-state index contributed by atoms with van der Waals surface area (Å²) in [5.74, 6) is 1.34. The monoisotopic (exact) mass is 302 g/mol. The van der Waals surface area contributed by atoms with Gasteiger partial charge in [0.1, 0.15) is 0 Å². The van der Waals surface area contributed by atoms with Crippen LogP contribution in [0.1, 0.15) is 44.3 Å². The summed E-state index contributed by atoms with van der Waals surface area (Å²) in [6.07, 6.45) is 6.01. The average Bonchev–Trinajstić information content (AvgIpc) is 3.03. The maximum atomic E-state index is 11.0. The molecule has 0 saturated heterocycles. The van der Waals surface area contributed by atoms with Crippen LogP contribution in [0.5, 0.6) is 0 Å². The van der Waals surface area contributed by atoms with Crippen molar-refractivity contribution in [3.05, 3.63) is 11.7 Å². The molecular weight excluding hydrogens is 280 g/mol. The van der Waals surface area contributed by atoms with Crippen LogP contribution in [0, 0.1) is 0 Å². The van der Waals surface area contributed by atoms with Gasteiger partial charge < -0.3 is 9.84 Å². The van der Waals surface area contributed by atoms with Gasteiger partial charge in [-0.1, -0.05) is 24.9 Å². The molecule has 2 N–H and O–H groups in total. The van der Waals surface area contributed by atoms with E-state index < -0.39 is 10.0 Å². The summed E-state index contributed by atoms with van der Waals surface area (Å²) in [6.45, 7) is 2.88. The largest absolute Gasteiger partial charge is 0.339 e. The van der Waals surface area contributed by atoms with Gasteiger partial charge in [-0.3, -0.25) is 0 Å².